The van der Waals surface area contributed by atoms with Crippen LogP contribution in [0.15, 0.2) is 47.1 Å². The van der Waals surface area contributed by atoms with Gasteiger partial charge in [-0.1, -0.05) is 30.7 Å². The molecule has 0 fully saturated rings. The van der Waals surface area contributed by atoms with Crippen LogP contribution in [0.1, 0.15) is 29.7 Å². The van der Waals surface area contributed by atoms with Crippen LogP contribution < -0.4 is 5.32 Å². The molecule has 3 rings (SSSR count). The van der Waals surface area contributed by atoms with Crippen molar-refractivity contribution in [2.24, 2.45) is 0 Å². The molecule has 0 saturated carbocycles. The molecule has 1 aromatic carbocycles. The Labute approximate surface area is 144 Å². The molecule has 0 aliphatic heterocycles. The summed E-state index contributed by atoms with van der Waals surface area (Å²) < 4.78 is 7.53. The molecule has 2 heterocycles. The number of benzene rings is 1. The van der Waals surface area contributed by atoms with Gasteiger partial charge in [-0.2, -0.15) is 0 Å². The molecule has 0 bridgehead atoms. The smallest absolute Gasteiger partial charge is 0.287 e. The molecule has 0 spiro atoms. The highest BCUT2D eigenvalue weighted by molar-refractivity contribution is 6.33. The first kappa shape index (κ1) is 16.3. The summed E-state index contributed by atoms with van der Waals surface area (Å²) in [5.41, 5.74) is 0.751. The largest absolute Gasteiger partial charge is 0.451 e. The molecule has 3 aromatic rings. The van der Waals surface area contributed by atoms with Crippen molar-refractivity contribution >= 4 is 17.5 Å². The topological polar surface area (TPSA) is 73.0 Å². The lowest BCUT2D eigenvalue weighted by atomic mass is 10.2. The van der Waals surface area contributed by atoms with Crippen LogP contribution >= 0.6 is 11.6 Å². The Morgan fingerprint density at radius 1 is 1.29 bits per heavy atom. The fourth-order valence-electron chi connectivity index (χ4n) is 2.36. The lowest BCUT2D eigenvalue weighted by Crippen LogP contribution is -2.24. The molecule has 0 unspecified atom stereocenters. The van der Waals surface area contributed by atoms with Gasteiger partial charge in [-0.3, -0.25) is 4.79 Å². The molecule has 1 N–H and O–H groups in total. The molecule has 24 heavy (non-hydrogen) atoms. The number of halogens is 1. The van der Waals surface area contributed by atoms with Crippen molar-refractivity contribution in [1.29, 1.82) is 0 Å². The van der Waals surface area contributed by atoms with Crippen LogP contribution in [-0.4, -0.2) is 20.7 Å². The van der Waals surface area contributed by atoms with Crippen molar-refractivity contribution in [3.8, 4) is 11.3 Å². The third-order valence-corrected chi connectivity index (χ3v) is 3.87. The third-order valence-electron chi connectivity index (χ3n) is 3.54. The fourth-order valence-corrected chi connectivity index (χ4v) is 2.58. The van der Waals surface area contributed by atoms with Gasteiger partial charge in [-0.25, -0.2) is 0 Å². The molecule has 0 radical (unpaired) electrons. The number of furan rings is 1. The van der Waals surface area contributed by atoms with E-state index < -0.39 is 0 Å². The minimum absolute atomic E-state index is 0.228. The Balaban J connectivity index is 1.68. The number of carbonyl (C=O) groups is 1. The highest BCUT2D eigenvalue weighted by Crippen LogP contribution is 2.28. The lowest BCUT2D eigenvalue weighted by Gasteiger charge is -2.05. The summed E-state index contributed by atoms with van der Waals surface area (Å²) in [6.07, 6.45) is 2.63. The van der Waals surface area contributed by atoms with E-state index in [-0.39, 0.29) is 11.7 Å². The molecule has 124 valence electrons. The summed E-state index contributed by atoms with van der Waals surface area (Å²) in [6.45, 7) is 3.18. The average molecular weight is 345 g/mol. The maximum Gasteiger partial charge on any atom is 0.287 e. The number of rotatable bonds is 6. The average Bonchev–Trinajstić information content (AvgIpc) is 3.23. The number of amides is 1. The zero-order chi connectivity index (χ0) is 16.9. The van der Waals surface area contributed by atoms with E-state index in [1.807, 2.05) is 22.8 Å². The number of nitrogens with zero attached hydrogens (tertiary/aromatic N) is 3. The highest BCUT2D eigenvalue weighted by Gasteiger charge is 2.14. The van der Waals surface area contributed by atoms with Crippen molar-refractivity contribution in [2.45, 2.75) is 26.4 Å². The van der Waals surface area contributed by atoms with E-state index in [1.54, 1.807) is 24.5 Å². The lowest BCUT2D eigenvalue weighted by molar-refractivity contribution is 0.0922. The standard InChI is InChI=1S/C17H17ClN4O2/c1-2-9-22-11-20-21-16(22)10-19-17(23)15-8-7-14(24-15)12-5-3-4-6-13(12)18/h3-8,11H,2,9-10H2,1H3,(H,19,23). The Bertz CT molecular complexity index is 840. The zero-order valence-corrected chi connectivity index (χ0v) is 14.0. The van der Waals surface area contributed by atoms with Gasteiger partial charge < -0.3 is 14.3 Å². The summed E-state index contributed by atoms with van der Waals surface area (Å²) in [4.78, 5) is 12.2. The summed E-state index contributed by atoms with van der Waals surface area (Å²) in [5.74, 6) is 1.19. The Kier molecular flexibility index (Phi) is 4.96. The number of hydrogen-bond acceptors (Lipinski definition) is 4. The van der Waals surface area contributed by atoms with Gasteiger partial charge in [0.2, 0.25) is 0 Å². The van der Waals surface area contributed by atoms with E-state index in [0.717, 1.165) is 18.5 Å². The van der Waals surface area contributed by atoms with E-state index in [1.165, 1.54) is 0 Å². The highest BCUT2D eigenvalue weighted by atomic mass is 35.5. The van der Waals surface area contributed by atoms with Gasteiger partial charge in [0, 0.05) is 12.1 Å². The van der Waals surface area contributed by atoms with Gasteiger partial charge in [-0.05, 0) is 30.7 Å². The van der Waals surface area contributed by atoms with E-state index >= 15 is 0 Å². The number of nitrogens with one attached hydrogen (secondary N) is 1. The van der Waals surface area contributed by atoms with E-state index in [4.69, 9.17) is 16.0 Å². The van der Waals surface area contributed by atoms with Gasteiger partial charge in [-0.15, -0.1) is 10.2 Å². The van der Waals surface area contributed by atoms with Gasteiger partial charge in [0.1, 0.15) is 12.1 Å². The predicted molar refractivity (Wildman–Crippen MR) is 90.6 cm³/mol. The molecule has 0 aliphatic rings. The number of carbonyl (C=O) groups excluding carboxylic acids is 1. The van der Waals surface area contributed by atoms with Crippen molar-refractivity contribution in [3.05, 3.63) is 59.3 Å². The normalized spacial score (nSPS) is 10.8. The SMILES string of the molecule is CCCn1cnnc1CNC(=O)c1ccc(-c2ccccc2Cl)o1. The number of hydrogen-bond donors (Lipinski definition) is 1. The van der Waals surface area contributed by atoms with Crippen LogP contribution in [0.4, 0.5) is 0 Å². The van der Waals surface area contributed by atoms with Gasteiger partial charge in [0.05, 0.1) is 11.6 Å². The molecule has 0 saturated heterocycles. The molecule has 6 nitrogen and oxygen atoms in total. The second kappa shape index (κ2) is 7.31. The number of aryl methyl sites for hydroxylation is 1. The molecule has 1 amide bonds. The Morgan fingerprint density at radius 3 is 2.92 bits per heavy atom. The van der Waals surface area contributed by atoms with Crippen molar-refractivity contribution in [3.63, 3.8) is 0 Å². The van der Waals surface area contributed by atoms with Gasteiger partial charge in [0.25, 0.3) is 5.91 Å². The zero-order valence-electron chi connectivity index (χ0n) is 13.2. The van der Waals surface area contributed by atoms with E-state index in [2.05, 4.69) is 22.4 Å². The van der Waals surface area contributed by atoms with Gasteiger partial charge >= 0.3 is 0 Å². The first-order valence-electron chi connectivity index (χ1n) is 7.68. The quantitative estimate of drug-likeness (QED) is 0.742. The van der Waals surface area contributed by atoms with Crippen LogP contribution in [0.5, 0.6) is 0 Å². The number of aromatic nitrogens is 3. The molecule has 2 aromatic heterocycles. The van der Waals surface area contributed by atoms with Crippen molar-refractivity contribution < 1.29 is 9.21 Å². The van der Waals surface area contributed by atoms with E-state index in [9.17, 15) is 4.79 Å². The summed E-state index contributed by atoms with van der Waals surface area (Å²) in [6, 6.07) is 10.7. The van der Waals surface area contributed by atoms with Crippen LogP contribution in [0.3, 0.4) is 0 Å². The maximum absolute atomic E-state index is 12.2. The molecule has 0 aliphatic carbocycles. The van der Waals surface area contributed by atoms with Crippen LogP contribution in [0, 0.1) is 0 Å². The van der Waals surface area contributed by atoms with Crippen molar-refractivity contribution in [2.75, 3.05) is 0 Å². The minimum Gasteiger partial charge on any atom is -0.451 e. The second-order valence-corrected chi connectivity index (χ2v) is 5.67. The van der Waals surface area contributed by atoms with E-state index in [0.29, 0.717) is 23.2 Å². The van der Waals surface area contributed by atoms with Crippen LogP contribution in [0.2, 0.25) is 5.02 Å². The monoisotopic (exact) mass is 344 g/mol. The Hall–Kier alpha value is -2.60. The second-order valence-electron chi connectivity index (χ2n) is 5.27. The molecule has 7 heteroatoms. The van der Waals surface area contributed by atoms with Gasteiger partial charge in [0.15, 0.2) is 11.6 Å². The fraction of sp³-hybridized carbons (Fsp3) is 0.235. The minimum atomic E-state index is -0.306. The van der Waals surface area contributed by atoms with Crippen LogP contribution in [-0.2, 0) is 13.1 Å². The van der Waals surface area contributed by atoms with Crippen molar-refractivity contribution in [1.82, 2.24) is 20.1 Å². The molecular weight excluding hydrogens is 328 g/mol. The summed E-state index contributed by atoms with van der Waals surface area (Å²) in [5, 5.41) is 11.2. The first-order valence-corrected chi connectivity index (χ1v) is 8.06. The maximum atomic E-state index is 12.2. The third kappa shape index (κ3) is 3.49. The Morgan fingerprint density at radius 2 is 2.12 bits per heavy atom. The molecule has 0 atom stereocenters. The molecular formula is C17H17ClN4O2. The van der Waals surface area contributed by atoms with Crippen LogP contribution in [0.25, 0.3) is 11.3 Å². The first-order chi connectivity index (χ1) is 11.7. The predicted octanol–water partition coefficient (Wildman–Crippen LogP) is 3.53. The summed E-state index contributed by atoms with van der Waals surface area (Å²) >= 11 is 6.14. The summed E-state index contributed by atoms with van der Waals surface area (Å²) in [7, 11) is 0.